The summed E-state index contributed by atoms with van der Waals surface area (Å²) in [5.41, 5.74) is 2.50. The first-order valence-electron chi connectivity index (χ1n) is 13.3. The summed E-state index contributed by atoms with van der Waals surface area (Å²) in [6.45, 7) is 2.98. The van der Waals surface area contributed by atoms with Crippen LogP contribution in [0.2, 0.25) is 0 Å². The molecule has 5 rings (SSSR count). The van der Waals surface area contributed by atoms with Crippen LogP contribution in [0.15, 0.2) is 94.7 Å². The zero-order chi connectivity index (χ0) is 29.5. The van der Waals surface area contributed by atoms with Gasteiger partial charge in [-0.2, -0.15) is 0 Å². The Morgan fingerprint density at radius 3 is 2.43 bits per heavy atom. The molecule has 2 aromatic heterocycles. The largest absolute Gasteiger partial charge is 0.459 e. The van der Waals surface area contributed by atoms with Crippen LogP contribution >= 0.6 is 0 Å². The van der Waals surface area contributed by atoms with E-state index in [1.165, 1.54) is 24.7 Å². The summed E-state index contributed by atoms with van der Waals surface area (Å²) in [6, 6.07) is 18.6. The van der Waals surface area contributed by atoms with Gasteiger partial charge in [-0.05, 0) is 62.2 Å². The maximum atomic E-state index is 14.0. The third-order valence-electron chi connectivity index (χ3n) is 6.56. The van der Waals surface area contributed by atoms with E-state index < -0.39 is 15.6 Å². The average Bonchev–Trinajstić information content (AvgIpc) is 3.69. The summed E-state index contributed by atoms with van der Waals surface area (Å²) < 4.78 is 21.8. The molecule has 2 N–H and O–H groups in total. The lowest BCUT2D eigenvalue weighted by Gasteiger charge is -2.17. The van der Waals surface area contributed by atoms with E-state index in [9.17, 15) is 18.6 Å². The van der Waals surface area contributed by atoms with E-state index in [0.717, 1.165) is 23.8 Å². The molecule has 9 nitrogen and oxygen atoms in total. The lowest BCUT2D eigenvalue weighted by atomic mass is 10.1. The number of aryl methyl sites for hydroxylation is 1. The number of hydrogen-bond acceptors (Lipinski definition) is 6. The van der Waals surface area contributed by atoms with Gasteiger partial charge in [-0.25, -0.2) is 4.21 Å². The normalized spacial score (nSPS) is 13.8. The van der Waals surface area contributed by atoms with Crippen molar-refractivity contribution in [3.8, 4) is 11.8 Å². The van der Waals surface area contributed by atoms with Gasteiger partial charge in [-0.1, -0.05) is 36.1 Å². The quantitative estimate of drug-likeness (QED) is 0.262. The van der Waals surface area contributed by atoms with Crippen molar-refractivity contribution in [3.63, 3.8) is 0 Å². The molecule has 1 atom stereocenters. The first-order valence-corrected chi connectivity index (χ1v) is 14.9. The van der Waals surface area contributed by atoms with Gasteiger partial charge in [0.2, 0.25) is 0 Å². The van der Waals surface area contributed by atoms with Crippen molar-refractivity contribution in [1.29, 1.82) is 0 Å². The Hall–Kier alpha value is -5.14. The smallest absolute Gasteiger partial charge is 0.291 e. The third-order valence-corrected chi connectivity index (χ3v) is 8.56. The number of likely N-dealkylation sites (tertiary alicyclic amines) is 1. The van der Waals surface area contributed by atoms with Crippen molar-refractivity contribution in [3.05, 3.63) is 113 Å². The van der Waals surface area contributed by atoms with Crippen LogP contribution < -0.4 is 10.0 Å². The molecule has 0 spiro atoms. The van der Waals surface area contributed by atoms with Gasteiger partial charge >= 0.3 is 0 Å². The van der Waals surface area contributed by atoms with E-state index in [4.69, 9.17) is 4.42 Å². The Balaban J connectivity index is 1.34. The van der Waals surface area contributed by atoms with E-state index in [1.807, 2.05) is 0 Å². The number of nitrogens with zero attached hydrogens (tertiary/aromatic N) is 2. The molecule has 10 heteroatoms. The van der Waals surface area contributed by atoms with Gasteiger partial charge in [0.1, 0.15) is 0 Å². The fraction of sp³-hybridized carbons (Fsp3) is 0.156. The SMILES string of the molecule is Cc1ccoc1C(=O)Nc1cccc(C#Cc2cncc(C(=O)NS(=O)(=CC(=O)N3CCCC3)c3ccccc3)c2)c1. The topological polar surface area (TPSA) is 122 Å². The molecule has 4 aromatic rings. The highest BCUT2D eigenvalue weighted by molar-refractivity contribution is 8.01. The van der Waals surface area contributed by atoms with Gasteiger partial charge in [0.15, 0.2) is 5.76 Å². The van der Waals surface area contributed by atoms with Crippen LogP contribution in [0.4, 0.5) is 5.69 Å². The van der Waals surface area contributed by atoms with Gasteiger partial charge in [-0.3, -0.25) is 24.1 Å². The Kier molecular flexibility index (Phi) is 8.50. The Bertz CT molecular complexity index is 1820. The van der Waals surface area contributed by atoms with Crippen LogP contribution in [0.3, 0.4) is 0 Å². The fourth-order valence-electron chi connectivity index (χ4n) is 4.37. The molecule has 3 amide bonds. The van der Waals surface area contributed by atoms with E-state index in [0.29, 0.717) is 34.8 Å². The molecule has 1 fully saturated rings. The summed E-state index contributed by atoms with van der Waals surface area (Å²) in [7, 11) is -3.37. The number of carbonyl (C=O) groups is 3. The Labute approximate surface area is 244 Å². The molecule has 1 saturated heterocycles. The predicted molar refractivity (Wildman–Crippen MR) is 160 cm³/mol. The van der Waals surface area contributed by atoms with Crippen molar-refractivity contribution in [2.24, 2.45) is 0 Å². The number of benzene rings is 2. The summed E-state index contributed by atoms with van der Waals surface area (Å²) in [5, 5.41) is 3.90. The van der Waals surface area contributed by atoms with Crippen molar-refractivity contribution < 1.29 is 23.0 Å². The lowest BCUT2D eigenvalue weighted by Crippen LogP contribution is -2.37. The maximum absolute atomic E-state index is 14.0. The number of aromatic nitrogens is 1. The fourth-order valence-corrected chi connectivity index (χ4v) is 6.08. The predicted octanol–water partition coefficient (Wildman–Crippen LogP) is 4.05. The summed E-state index contributed by atoms with van der Waals surface area (Å²) in [6.07, 6.45) is 6.09. The number of rotatable bonds is 6. The molecule has 3 heterocycles. The number of hydrogen-bond donors (Lipinski definition) is 2. The minimum Gasteiger partial charge on any atom is -0.459 e. The molecule has 0 saturated carbocycles. The second-order valence-corrected chi connectivity index (χ2v) is 11.8. The van der Waals surface area contributed by atoms with Crippen LogP contribution in [0, 0.1) is 18.8 Å². The molecule has 0 aliphatic carbocycles. The van der Waals surface area contributed by atoms with Gasteiger partial charge in [-0.15, -0.1) is 0 Å². The van der Waals surface area contributed by atoms with Crippen LogP contribution in [0.25, 0.3) is 0 Å². The standard InChI is InChI=1S/C32H28N4O5S/c1-23-14-17-41-30(23)32(39)34-27-9-7-8-24(19-27)12-13-25-18-26(21-33-20-25)31(38)35-42(40,28-10-3-2-4-11-28)22-29(37)36-15-5-6-16-36/h2-4,7-11,14,17-22H,5-6,15-16H2,1H3,(H,34,39)(H,35,38,40). The van der Waals surface area contributed by atoms with Crippen molar-refractivity contribution in [2.45, 2.75) is 24.7 Å². The highest BCUT2D eigenvalue weighted by Gasteiger charge is 2.22. The number of amides is 3. The van der Waals surface area contributed by atoms with E-state index in [1.54, 1.807) is 72.5 Å². The molecule has 42 heavy (non-hydrogen) atoms. The minimum absolute atomic E-state index is 0.141. The summed E-state index contributed by atoms with van der Waals surface area (Å²) in [4.78, 5) is 44.7. The van der Waals surface area contributed by atoms with Gasteiger partial charge in [0, 0.05) is 47.9 Å². The van der Waals surface area contributed by atoms with Gasteiger partial charge < -0.3 is 14.6 Å². The monoisotopic (exact) mass is 580 g/mol. The molecule has 0 radical (unpaired) electrons. The highest BCUT2D eigenvalue weighted by atomic mass is 32.2. The highest BCUT2D eigenvalue weighted by Crippen LogP contribution is 2.16. The van der Waals surface area contributed by atoms with Crippen LogP contribution in [0.5, 0.6) is 0 Å². The average molecular weight is 581 g/mol. The van der Waals surface area contributed by atoms with Crippen molar-refractivity contribution in [2.75, 3.05) is 18.4 Å². The number of furan rings is 1. The van der Waals surface area contributed by atoms with Gasteiger partial charge in [0.25, 0.3) is 17.7 Å². The third kappa shape index (κ3) is 6.77. The zero-order valence-corrected chi connectivity index (χ0v) is 23.6. The summed E-state index contributed by atoms with van der Waals surface area (Å²) in [5.74, 6) is 4.83. The zero-order valence-electron chi connectivity index (χ0n) is 22.8. The Morgan fingerprint density at radius 1 is 0.929 bits per heavy atom. The number of anilines is 1. The number of carbonyl (C=O) groups excluding carboxylic acids is 3. The number of pyridine rings is 1. The van der Waals surface area contributed by atoms with Crippen LogP contribution in [-0.2, 0) is 14.5 Å². The molecule has 1 unspecified atom stereocenters. The second kappa shape index (κ2) is 12.6. The van der Waals surface area contributed by atoms with E-state index in [-0.39, 0.29) is 23.1 Å². The van der Waals surface area contributed by atoms with E-state index in [2.05, 4.69) is 26.9 Å². The lowest BCUT2D eigenvalue weighted by molar-refractivity contribution is -0.122. The molecular weight excluding hydrogens is 552 g/mol. The molecule has 0 bridgehead atoms. The molecule has 1 aliphatic rings. The molecule has 2 aromatic carbocycles. The maximum Gasteiger partial charge on any atom is 0.291 e. The molecule has 1 aliphatic heterocycles. The van der Waals surface area contributed by atoms with Crippen molar-refractivity contribution in [1.82, 2.24) is 14.6 Å². The van der Waals surface area contributed by atoms with E-state index >= 15 is 0 Å². The number of nitrogens with one attached hydrogen (secondary N) is 2. The van der Waals surface area contributed by atoms with Crippen LogP contribution in [0.1, 0.15) is 50.4 Å². The van der Waals surface area contributed by atoms with Crippen LogP contribution in [-0.4, -0.2) is 50.3 Å². The molecule has 212 valence electrons. The minimum atomic E-state index is -3.37. The first-order chi connectivity index (χ1) is 20.3. The second-order valence-electron chi connectivity index (χ2n) is 9.68. The van der Waals surface area contributed by atoms with Gasteiger partial charge in [0.05, 0.1) is 31.8 Å². The summed E-state index contributed by atoms with van der Waals surface area (Å²) >= 11 is 0. The van der Waals surface area contributed by atoms with Crippen molar-refractivity contribution >= 4 is 38.5 Å². The first kappa shape index (κ1) is 28.4. The Morgan fingerprint density at radius 2 is 1.69 bits per heavy atom. The molecular formula is C32H28N4O5S.